The molecule has 39 heavy (non-hydrogen) atoms. The Morgan fingerprint density at radius 3 is 2.72 bits per heavy atom. The Hall–Kier alpha value is -3.43. The third kappa shape index (κ3) is 6.78. The second-order valence-corrected chi connectivity index (χ2v) is 12.2. The highest BCUT2D eigenvalue weighted by atomic mass is 31.2. The summed E-state index contributed by atoms with van der Waals surface area (Å²) >= 11 is 0. The molecule has 0 saturated heterocycles. The van der Waals surface area contributed by atoms with Gasteiger partial charge in [-0.3, -0.25) is 23.7 Å². The van der Waals surface area contributed by atoms with Crippen LogP contribution in [0.5, 0.6) is 5.75 Å². The number of nitrogens with one attached hydrogen (secondary N) is 1. The second-order valence-electron chi connectivity index (χ2n) is 10.1. The molecule has 0 aliphatic heterocycles. The van der Waals surface area contributed by atoms with Crippen LogP contribution in [0.4, 0.5) is 5.95 Å². The van der Waals surface area contributed by atoms with Gasteiger partial charge in [-0.15, -0.1) is 0 Å². The molecule has 11 nitrogen and oxygen atoms in total. The molecule has 0 radical (unpaired) electrons. The van der Waals surface area contributed by atoms with E-state index < -0.39 is 25.0 Å². The molecule has 4 rings (SSSR count). The summed E-state index contributed by atoms with van der Waals surface area (Å²) in [5.41, 5.74) is 6.49. The van der Waals surface area contributed by atoms with E-state index in [1.165, 1.54) is 6.33 Å². The number of carbonyl (C=O) groups excluding carboxylic acids is 1. The molecule has 4 atom stereocenters. The van der Waals surface area contributed by atoms with Crippen molar-refractivity contribution in [3.63, 3.8) is 0 Å². The maximum absolute atomic E-state index is 14.0. The number of aromatic nitrogens is 4. The van der Waals surface area contributed by atoms with Crippen LogP contribution < -0.4 is 15.8 Å². The van der Waals surface area contributed by atoms with E-state index in [2.05, 4.69) is 15.0 Å². The standard InChI is InChI=1S/C27H36N5O6P/c1-5-10-19(4)37-25(34)18(3)15-39(35,38-21-11-8-7-9-12-21)36-16-27(6-2)13-20(27)14-32-17-29-22-23(32)30-26(28)31-24(22)33/h7-9,11-12,14,17-19H,5-6,10,13,15-16H2,1-4H3,(H3,28,30,31,33)/b20-14-/t18-,19+,27-,39+/m1/s1. The summed E-state index contributed by atoms with van der Waals surface area (Å²) in [5.74, 6) is -0.708. The van der Waals surface area contributed by atoms with Crippen molar-refractivity contribution < 1.29 is 23.1 Å². The zero-order valence-corrected chi connectivity index (χ0v) is 23.6. The summed E-state index contributed by atoms with van der Waals surface area (Å²) in [4.78, 5) is 35.6. The highest BCUT2D eigenvalue weighted by molar-refractivity contribution is 7.54. The Morgan fingerprint density at radius 1 is 1.28 bits per heavy atom. The van der Waals surface area contributed by atoms with Crippen LogP contribution in [-0.4, -0.2) is 44.4 Å². The highest BCUT2D eigenvalue weighted by Gasteiger charge is 2.49. The number of nitrogen functional groups attached to an aromatic ring is 1. The molecule has 1 aliphatic carbocycles. The van der Waals surface area contributed by atoms with Gasteiger partial charge in [0.2, 0.25) is 5.95 Å². The molecule has 12 heteroatoms. The number of hydrogen-bond acceptors (Lipinski definition) is 9. The van der Waals surface area contributed by atoms with Crippen LogP contribution in [0, 0.1) is 11.3 Å². The number of para-hydroxylation sites is 1. The second kappa shape index (κ2) is 11.8. The van der Waals surface area contributed by atoms with Crippen LogP contribution in [0.2, 0.25) is 0 Å². The van der Waals surface area contributed by atoms with E-state index in [1.807, 2.05) is 33.0 Å². The molecular formula is C27H36N5O6P. The van der Waals surface area contributed by atoms with Crippen molar-refractivity contribution in [2.24, 2.45) is 11.3 Å². The van der Waals surface area contributed by atoms with Gasteiger partial charge in [0, 0.05) is 11.6 Å². The largest absolute Gasteiger partial charge is 0.462 e. The van der Waals surface area contributed by atoms with Gasteiger partial charge >= 0.3 is 13.6 Å². The van der Waals surface area contributed by atoms with Gasteiger partial charge in [-0.1, -0.05) is 45.4 Å². The highest BCUT2D eigenvalue weighted by Crippen LogP contribution is 2.59. The molecule has 1 fully saturated rings. The SMILES string of the molecule is CCC[C@H](C)OC(=O)[C@H](C)C[P@](=O)(OC[C@@]1(CC)C/C1=C/n1cnc2c(=O)[nH]c(N)nc21)Oc1ccccc1. The number of carbonyl (C=O) groups is 1. The maximum atomic E-state index is 14.0. The van der Waals surface area contributed by atoms with Crippen LogP contribution in [-0.2, 0) is 18.6 Å². The number of nitrogens with zero attached hydrogens (tertiary/aromatic N) is 3. The van der Waals surface area contributed by atoms with Crippen molar-refractivity contribution in [3.05, 3.63) is 52.6 Å². The number of anilines is 1. The lowest BCUT2D eigenvalue weighted by Gasteiger charge is -2.24. The average molecular weight is 558 g/mol. The van der Waals surface area contributed by atoms with E-state index in [-0.39, 0.29) is 35.8 Å². The molecule has 3 N–H and O–H groups in total. The minimum absolute atomic E-state index is 0.00395. The van der Waals surface area contributed by atoms with Crippen molar-refractivity contribution >= 4 is 36.9 Å². The number of H-pyrrole nitrogens is 1. The third-order valence-electron chi connectivity index (χ3n) is 6.94. The summed E-state index contributed by atoms with van der Waals surface area (Å²) in [6.45, 7) is 7.70. The van der Waals surface area contributed by atoms with Crippen molar-refractivity contribution in [1.29, 1.82) is 0 Å². The van der Waals surface area contributed by atoms with E-state index in [9.17, 15) is 14.2 Å². The summed E-state index contributed by atoms with van der Waals surface area (Å²) in [6.07, 6.45) is 6.09. The maximum Gasteiger partial charge on any atom is 0.380 e. The normalized spacial score (nSPS) is 20.9. The molecule has 2 aromatic heterocycles. The van der Waals surface area contributed by atoms with Crippen molar-refractivity contribution in [2.45, 2.75) is 59.5 Å². The van der Waals surface area contributed by atoms with Crippen molar-refractivity contribution in [1.82, 2.24) is 19.5 Å². The number of benzene rings is 1. The average Bonchev–Trinajstić information content (AvgIpc) is 3.43. The molecule has 1 aliphatic rings. The molecule has 1 saturated carbocycles. The number of ether oxygens (including phenoxy) is 1. The number of aromatic amines is 1. The first kappa shape index (κ1) is 28.6. The lowest BCUT2D eigenvalue weighted by molar-refractivity contribution is -0.152. The molecular weight excluding hydrogens is 521 g/mol. The summed E-state index contributed by atoms with van der Waals surface area (Å²) in [6, 6.07) is 8.79. The molecule has 3 aromatic rings. The van der Waals surface area contributed by atoms with Gasteiger partial charge in [0.15, 0.2) is 11.2 Å². The number of nitrogens with two attached hydrogens (primary N) is 1. The smallest absolute Gasteiger partial charge is 0.380 e. The van der Waals surface area contributed by atoms with E-state index >= 15 is 0 Å². The molecule has 0 spiro atoms. The fourth-order valence-electron chi connectivity index (χ4n) is 4.48. The lowest BCUT2D eigenvalue weighted by atomic mass is 10.0. The molecule has 2 heterocycles. The van der Waals surface area contributed by atoms with E-state index in [0.29, 0.717) is 17.8 Å². The molecule has 210 valence electrons. The number of esters is 1. The molecule has 0 amide bonds. The zero-order valence-electron chi connectivity index (χ0n) is 22.8. The first-order chi connectivity index (χ1) is 18.6. The molecule has 1 aromatic carbocycles. The van der Waals surface area contributed by atoms with Gasteiger partial charge < -0.3 is 15.0 Å². The quantitative estimate of drug-likeness (QED) is 0.218. The summed E-state index contributed by atoms with van der Waals surface area (Å²) < 4.78 is 33.2. The van der Waals surface area contributed by atoms with Crippen LogP contribution in [0.1, 0.15) is 53.4 Å². The Balaban J connectivity index is 1.52. The van der Waals surface area contributed by atoms with Gasteiger partial charge in [0.25, 0.3) is 5.56 Å². The van der Waals surface area contributed by atoms with Gasteiger partial charge in [0.1, 0.15) is 12.1 Å². The van der Waals surface area contributed by atoms with Crippen molar-refractivity contribution in [2.75, 3.05) is 18.5 Å². The fourth-order valence-corrected chi connectivity index (χ4v) is 6.42. The predicted molar refractivity (Wildman–Crippen MR) is 149 cm³/mol. The van der Waals surface area contributed by atoms with Crippen LogP contribution in [0.3, 0.4) is 0 Å². The molecule has 0 bridgehead atoms. The van der Waals surface area contributed by atoms with Crippen LogP contribution in [0.15, 0.2) is 47.0 Å². The van der Waals surface area contributed by atoms with Crippen molar-refractivity contribution in [3.8, 4) is 5.75 Å². The Bertz CT molecular complexity index is 1450. The zero-order chi connectivity index (χ0) is 28.2. The van der Waals surface area contributed by atoms with E-state index in [4.69, 9.17) is 19.5 Å². The fraction of sp³-hybridized carbons (Fsp3) is 0.481. The number of hydrogen-bond donors (Lipinski definition) is 2. The number of rotatable bonds is 13. The summed E-state index contributed by atoms with van der Waals surface area (Å²) in [5, 5.41) is 0. The van der Waals surface area contributed by atoms with Gasteiger partial charge in [0.05, 0.1) is 24.8 Å². The minimum Gasteiger partial charge on any atom is -0.462 e. The van der Waals surface area contributed by atoms with Gasteiger partial charge in [-0.05, 0) is 43.9 Å². The Morgan fingerprint density at radius 2 is 2.03 bits per heavy atom. The lowest BCUT2D eigenvalue weighted by Crippen LogP contribution is -2.25. The summed E-state index contributed by atoms with van der Waals surface area (Å²) in [7, 11) is -3.75. The first-order valence-corrected chi connectivity index (χ1v) is 14.9. The Kier molecular flexibility index (Phi) is 8.61. The van der Waals surface area contributed by atoms with Crippen LogP contribution >= 0.6 is 7.60 Å². The number of imidazole rings is 1. The van der Waals surface area contributed by atoms with Gasteiger partial charge in [-0.2, -0.15) is 4.98 Å². The van der Waals surface area contributed by atoms with E-state index in [1.54, 1.807) is 35.8 Å². The van der Waals surface area contributed by atoms with Gasteiger partial charge in [-0.25, -0.2) is 9.55 Å². The topological polar surface area (TPSA) is 151 Å². The monoisotopic (exact) mass is 557 g/mol. The predicted octanol–water partition coefficient (Wildman–Crippen LogP) is 5.00. The molecule has 0 unspecified atom stereocenters. The Labute approximate surface area is 227 Å². The number of fused-ring (bicyclic) bond motifs is 1. The third-order valence-corrected chi connectivity index (χ3v) is 8.95. The minimum atomic E-state index is -3.75. The van der Waals surface area contributed by atoms with Crippen LogP contribution in [0.25, 0.3) is 17.4 Å². The first-order valence-electron chi connectivity index (χ1n) is 13.2. The van der Waals surface area contributed by atoms with E-state index in [0.717, 1.165) is 24.8 Å².